The van der Waals surface area contributed by atoms with Crippen molar-refractivity contribution in [2.75, 3.05) is 26.1 Å². The Morgan fingerprint density at radius 2 is 1.90 bits per heavy atom. The predicted molar refractivity (Wildman–Crippen MR) is 124 cm³/mol. The lowest BCUT2D eigenvalue weighted by atomic mass is 9.85. The summed E-state index contributed by atoms with van der Waals surface area (Å²) in [6.45, 7) is 9.37. The molecule has 6 nitrogen and oxygen atoms in total. The summed E-state index contributed by atoms with van der Waals surface area (Å²) in [5.74, 6) is 1.87. The first kappa shape index (κ1) is 23.3. The van der Waals surface area contributed by atoms with E-state index < -0.39 is 12.0 Å². The van der Waals surface area contributed by atoms with Crippen LogP contribution in [0.1, 0.15) is 42.8 Å². The molecule has 2 aromatic carbocycles. The number of rotatable bonds is 8. The van der Waals surface area contributed by atoms with Gasteiger partial charge in [-0.3, -0.25) is 10.1 Å². The van der Waals surface area contributed by atoms with Crippen molar-refractivity contribution in [3.63, 3.8) is 0 Å². The Balaban J connectivity index is 1.61. The van der Waals surface area contributed by atoms with Crippen LogP contribution in [-0.2, 0) is 10.2 Å². The van der Waals surface area contributed by atoms with E-state index in [4.69, 9.17) is 14.2 Å². The number of carbonyl (C=O) groups is 1. The molecule has 1 fully saturated rings. The molecular weight excluding hydrogens is 414 g/mol. The van der Waals surface area contributed by atoms with E-state index in [0.29, 0.717) is 30.5 Å². The van der Waals surface area contributed by atoms with Crippen molar-refractivity contribution in [1.82, 2.24) is 5.32 Å². The number of benzene rings is 2. The molecule has 0 amide bonds. The summed E-state index contributed by atoms with van der Waals surface area (Å²) in [7, 11) is 1.60. The van der Waals surface area contributed by atoms with Crippen LogP contribution in [0.3, 0.4) is 0 Å². The molecule has 1 saturated heterocycles. The topological polar surface area (TPSA) is 77.0 Å². The minimum atomic E-state index is -0.829. The zero-order chi connectivity index (χ0) is 22.6. The van der Waals surface area contributed by atoms with E-state index in [-0.39, 0.29) is 10.8 Å². The molecule has 168 valence electrons. The number of ether oxygens (including phenoxy) is 3. The first-order valence-electron chi connectivity index (χ1n) is 10.3. The van der Waals surface area contributed by atoms with Gasteiger partial charge in [0.1, 0.15) is 25.0 Å². The average molecular weight is 446 g/mol. The highest BCUT2D eigenvalue weighted by Crippen LogP contribution is 2.38. The number of aryl methyl sites for hydroxylation is 1. The maximum atomic E-state index is 11.2. The monoisotopic (exact) mass is 445 g/mol. The van der Waals surface area contributed by atoms with Crippen LogP contribution in [0.15, 0.2) is 36.4 Å². The molecule has 0 radical (unpaired) electrons. The van der Waals surface area contributed by atoms with Gasteiger partial charge in [-0.1, -0.05) is 45.0 Å². The van der Waals surface area contributed by atoms with Gasteiger partial charge in [-0.05, 0) is 41.2 Å². The Hall–Kier alpha value is -2.38. The molecule has 2 aromatic rings. The molecule has 0 bridgehead atoms. The van der Waals surface area contributed by atoms with E-state index in [1.807, 2.05) is 18.2 Å². The summed E-state index contributed by atoms with van der Waals surface area (Å²) in [4.78, 5) is 11.2. The van der Waals surface area contributed by atoms with Crippen molar-refractivity contribution in [1.29, 1.82) is 0 Å². The molecular formula is C24H31NO5S. The number of methoxy groups -OCH3 is 1. The third-order valence-electron chi connectivity index (χ3n) is 5.18. The number of aliphatic carboxylic acids is 1. The second-order valence-electron chi connectivity index (χ2n) is 8.58. The summed E-state index contributed by atoms with van der Waals surface area (Å²) in [6.07, 6.45) is 0. The normalized spacial score (nSPS) is 18.6. The standard InChI is InChI=1S/C24H31NO5S/c1-15-7-6-8-17(24(2,3)4)21(15)30-12-11-29-19-10-9-16(13-20(19)28-5)22-25-18(14-31-22)23(26)27/h6-10,13,18,22,25H,11-12,14H2,1-5H3,(H,26,27). The van der Waals surface area contributed by atoms with Gasteiger partial charge < -0.3 is 19.3 Å². The van der Waals surface area contributed by atoms with Crippen molar-refractivity contribution in [3.05, 3.63) is 53.1 Å². The number of carboxylic acid groups (broad SMARTS) is 1. The molecule has 1 aliphatic rings. The molecule has 1 aliphatic heterocycles. The molecule has 0 spiro atoms. The first-order valence-corrected chi connectivity index (χ1v) is 11.4. The van der Waals surface area contributed by atoms with Gasteiger partial charge in [0.25, 0.3) is 0 Å². The quantitative estimate of drug-likeness (QED) is 0.577. The minimum absolute atomic E-state index is 0.00675. The van der Waals surface area contributed by atoms with Gasteiger partial charge in [0.05, 0.1) is 12.5 Å². The third-order valence-corrected chi connectivity index (χ3v) is 6.45. The Kier molecular flexibility index (Phi) is 7.38. The molecule has 2 unspecified atom stereocenters. The zero-order valence-electron chi connectivity index (χ0n) is 18.7. The van der Waals surface area contributed by atoms with Gasteiger partial charge in [-0.25, -0.2) is 0 Å². The lowest BCUT2D eigenvalue weighted by molar-refractivity contribution is -0.138. The van der Waals surface area contributed by atoms with Crippen LogP contribution in [-0.4, -0.2) is 43.2 Å². The number of hydrogen-bond acceptors (Lipinski definition) is 6. The highest BCUT2D eigenvalue weighted by atomic mass is 32.2. The fraction of sp³-hybridized carbons (Fsp3) is 0.458. The van der Waals surface area contributed by atoms with Crippen molar-refractivity contribution in [2.45, 2.75) is 44.5 Å². The van der Waals surface area contributed by atoms with Crippen molar-refractivity contribution in [3.8, 4) is 17.2 Å². The Morgan fingerprint density at radius 3 is 2.55 bits per heavy atom. The van der Waals surface area contributed by atoms with Crippen molar-refractivity contribution in [2.24, 2.45) is 0 Å². The van der Waals surface area contributed by atoms with E-state index in [2.05, 4.69) is 51.2 Å². The molecule has 2 N–H and O–H groups in total. The molecule has 0 aromatic heterocycles. The van der Waals surface area contributed by atoms with Crippen LogP contribution in [0.4, 0.5) is 0 Å². The Labute approximate surface area is 188 Å². The summed E-state index contributed by atoms with van der Waals surface area (Å²) in [5.41, 5.74) is 3.24. The summed E-state index contributed by atoms with van der Waals surface area (Å²) >= 11 is 1.57. The molecule has 31 heavy (non-hydrogen) atoms. The van der Waals surface area contributed by atoms with Gasteiger partial charge in [0, 0.05) is 5.75 Å². The predicted octanol–water partition coefficient (Wildman–Crippen LogP) is 4.55. The number of para-hydroxylation sites is 1. The van der Waals surface area contributed by atoms with E-state index >= 15 is 0 Å². The van der Waals surface area contributed by atoms with Crippen LogP contribution in [0.2, 0.25) is 0 Å². The number of carboxylic acids is 1. The highest BCUT2D eigenvalue weighted by Gasteiger charge is 2.30. The third kappa shape index (κ3) is 5.66. The molecule has 0 saturated carbocycles. The number of nitrogens with one attached hydrogen (secondary N) is 1. The molecule has 0 aliphatic carbocycles. The van der Waals surface area contributed by atoms with E-state index in [1.165, 1.54) is 5.56 Å². The van der Waals surface area contributed by atoms with Gasteiger partial charge >= 0.3 is 5.97 Å². The van der Waals surface area contributed by atoms with Crippen LogP contribution >= 0.6 is 11.8 Å². The fourth-order valence-electron chi connectivity index (χ4n) is 3.50. The lowest BCUT2D eigenvalue weighted by Crippen LogP contribution is -2.33. The van der Waals surface area contributed by atoms with Crippen LogP contribution < -0.4 is 19.5 Å². The van der Waals surface area contributed by atoms with Crippen LogP contribution in [0.25, 0.3) is 0 Å². The minimum Gasteiger partial charge on any atom is -0.493 e. The molecule has 7 heteroatoms. The second-order valence-corrected chi connectivity index (χ2v) is 9.72. The Morgan fingerprint density at radius 1 is 1.16 bits per heavy atom. The summed E-state index contributed by atoms with van der Waals surface area (Å²) < 4.78 is 17.5. The smallest absolute Gasteiger partial charge is 0.321 e. The lowest BCUT2D eigenvalue weighted by Gasteiger charge is -2.24. The van der Waals surface area contributed by atoms with E-state index in [1.54, 1.807) is 18.9 Å². The summed E-state index contributed by atoms with van der Waals surface area (Å²) in [5, 5.41) is 12.2. The molecule has 3 rings (SSSR count). The largest absolute Gasteiger partial charge is 0.493 e. The van der Waals surface area contributed by atoms with Gasteiger partial charge in [-0.15, -0.1) is 11.8 Å². The second kappa shape index (κ2) is 9.83. The van der Waals surface area contributed by atoms with Crippen molar-refractivity contribution >= 4 is 17.7 Å². The van der Waals surface area contributed by atoms with Gasteiger partial charge in [0.15, 0.2) is 11.5 Å². The van der Waals surface area contributed by atoms with Crippen LogP contribution in [0.5, 0.6) is 17.2 Å². The zero-order valence-corrected chi connectivity index (χ0v) is 19.5. The highest BCUT2D eigenvalue weighted by molar-refractivity contribution is 7.99. The van der Waals surface area contributed by atoms with E-state index in [0.717, 1.165) is 16.9 Å². The number of hydrogen-bond donors (Lipinski definition) is 2. The molecule has 2 atom stereocenters. The maximum Gasteiger partial charge on any atom is 0.321 e. The SMILES string of the molecule is COc1cc(C2NC(C(=O)O)CS2)ccc1OCCOc1c(C)cccc1C(C)(C)C. The first-order chi connectivity index (χ1) is 14.7. The molecule has 1 heterocycles. The number of thioether (sulfide) groups is 1. The van der Waals surface area contributed by atoms with Gasteiger partial charge in [-0.2, -0.15) is 0 Å². The van der Waals surface area contributed by atoms with Crippen molar-refractivity contribution < 1.29 is 24.1 Å². The Bertz CT molecular complexity index is 925. The average Bonchev–Trinajstić information content (AvgIpc) is 3.22. The van der Waals surface area contributed by atoms with Gasteiger partial charge in [0.2, 0.25) is 0 Å². The fourth-order valence-corrected chi connectivity index (χ4v) is 4.73. The summed E-state index contributed by atoms with van der Waals surface area (Å²) in [6, 6.07) is 11.4. The van der Waals surface area contributed by atoms with Crippen LogP contribution in [0, 0.1) is 6.92 Å². The van der Waals surface area contributed by atoms with E-state index in [9.17, 15) is 9.90 Å². The maximum absolute atomic E-state index is 11.2.